The Hall–Kier alpha value is -1.89. The van der Waals surface area contributed by atoms with Gasteiger partial charge in [-0.25, -0.2) is 0 Å². The molecule has 2 aromatic carbocycles. The van der Waals surface area contributed by atoms with Crippen LogP contribution in [0.25, 0.3) is 10.8 Å². The van der Waals surface area contributed by atoms with Crippen LogP contribution in [0.4, 0.5) is 5.69 Å². The predicted molar refractivity (Wildman–Crippen MR) is 120 cm³/mol. The van der Waals surface area contributed by atoms with Gasteiger partial charge >= 0.3 is 0 Å². The highest BCUT2D eigenvalue weighted by Gasteiger charge is 2.48. The van der Waals surface area contributed by atoms with E-state index in [2.05, 4.69) is 67.1 Å². The van der Waals surface area contributed by atoms with E-state index in [9.17, 15) is 0 Å². The molecule has 1 atom stereocenters. The van der Waals surface area contributed by atoms with E-state index in [0.717, 1.165) is 11.8 Å². The van der Waals surface area contributed by atoms with Gasteiger partial charge in [-0.05, 0) is 54.9 Å². The standard InChI is InChI=1S/C27H34N/c1-27(19-21-11-5-6-12-21)25(18-15-20-9-3-4-10-20)28(2)24-17-16-22-13-7-8-14-23(22)26(24)27/h7-8,13-18,20-21H,3-6,9-12,19H2,1-2H3/q+1/b18-15+. The first kappa shape index (κ1) is 18.2. The van der Waals surface area contributed by atoms with Gasteiger partial charge in [0, 0.05) is 17.7 Å². The van der Waals surface area contributed by atoms with Crippen molar-refractivity contribution in [3.05, 3.63) is 54.1 Å². The fraction of sp³-hybridized carbons (Fsp3) is 0.519. The summed E-state index contributed by atoms with van der Waals surface area (Å²) in [5, 5.41) is 2.84. The molecule has 2 aliphatic carbocycles. The second kappa shape index (κ2) is 7.17. The topological polar surface area (TPSA) is 3.01 Å². The molecular weight excluding hydrogens is 338 g/mol. The molecular formula is C27H34N+. The molecule has 5 rings (SSSR count). The van der Waals surface area contributed by atoms with E-state index in [1.165, 1.54) is 80.0 Å². The van der Waals surface area contributed by atoms with Crippen molar-refractivity contribution in [1.29, 1.82) is 0 Å². The Morgan fingerprint density at radius 2 is 1.68 bits per heavy atom. The number of hydrogen-bond acceptors (Lipinski definition) is 0. The van der Waals surface area contributed by atoms with Crippen LogP contribution in [0.2, 0.25) is 0 Å². The third-order valence-electron chi connectivity index (χ3n) is 7.84. The maximum Gasteiger partial charge on any atom is 0.210 e. The van der Waals surface area contributed by atoms with Gasteiger partial charge in [0.05, 0.1) is 5.41 Å². The molecule has 0 bridgehead atoms. The molecule has 2 aromatic rings. The molecule has 3 aliphatic rings. The lowest BCUT2D eigenvalue weighted by atomic mass is 9.71. The van der Waals surface area contributed by atoms with Crippen LogP contribution in [-0.4, -0.2) is 17.3 Å². The lowest BCUT2D eigenvalue weighted by Crippen LogP contribution is -2.33. The zero-order valence-corrected chi connectivity index (χ0v) is 17.6. The highest BCUT2D eigenvalue weighted by molar-refractivity contribution is 6.07. The van der Waals surface area contributed by atoms with Crippen LogP contribution >= 0.6 is 0 Å². The van der Waals surface area contributed by atoms with E-state index in [0.29, 0.717) is 0 Å². The average molecular weight is 373 g/mol. The normalized spacial score (nSPS) is 26.2. The third kappa shape index (κ3) is 2.95. The third-order valence-corrected chi connectivity index (χ3v) is 7.84. The summed E-state index contributed by atoms with van der Waals surface area (Å²) < 4.78 is 2.50. The summed E-state index contributed by atoms with van der Waals surface area (Å²) in [6, 6.07) is 13.7. The van der Waals surface area contributed by atoms with Gasteiger partial charge in [0.1, 0.15) is 7.05 Å². The summed E-state index contributed by atoms with van der Waals surface area (Å²) >= 11 is 0. The van der Waals surface area contributed by atoms with Crippen molar-refractivity contribution >= 4 is 22.2 Å². The van der Waals surface area contributed by atoms with Gasteiger partial charge in [-0.3, -0.25) is 0 Å². The number of rotatable bonds is 4. The summed E-state index contributed by atoms with van der Waals surface area (Å²) in [7, 11) is 2.29. The molecule has 28 heavy (non-hydrogen) atoms. The molecule has 1 heterocycles. The maximum atomic E-state index is 2.54. The molecule has 1 nitrogen and oxygen atoms in total. The number of benzene rings is 2. The number of allylic oxidation sites excluding steroid dienone is 2. The minimum Gasteiger partial charge on any atom is -0.198 e. The Labute approximate surface area is 170 Å². The molecule has 1 unspecified atom stereocenters. The molecule has 1 heteroatoms. The molecule has 2 fully saturated rings. The summed E-state index contributed by atoms with van der Waals surface area (Å²) in [5.74, 6) is 1.66. The molecule has 0 aromatic heterocycles. The zero-order chi connectivity index (χ0) is 19.1. The molecule has 2 saturated carbocycles. The summed E-state index contributed by atoms with van der Waals surface area (Å²) in [5.41, 5.74) is 4.64. The Morgan fingerprint density at radius 1 is 0.964 bits per heavy atom. The van der Waals surface area contributed by atoms with E-state index in [4.69, 9.17) is 0 Å². The highest BCUT2D eigenvalue weighted by Crippen LogP contribution is 2.49. The fourth-order valence-corrected chi connectivity index (χ4v) is 6.42. The van der Waals surface area contributed by atoms with E-state index >= 15 is 0 Å². The van der Waals surface area contributed by atoms with Gasteiger partial charge in [0.25, 0.3) is 0 Å². The van der Waals surface area contributed by atoms with Gasteiger partial charge in [0.15, 0.2) is 5.71 Å². The van der Waals surface area contributed by atoms with Crippen LogP contribution in [0.15, 0.2) is 48.6 Å². The lowest BCUT2D eigenvalue weighted by molar-refractivity contribution is -0.401. The van der Waals surface area contributed by atoms with Crippen molar-refractivity contribution in [2.45, 2.75) is 70.1 Å². The van der Waals surface area contributed by atoms with E-state index < -0.39 is 0 Å². The summed E-state index contributed by atoms with van der Waals surface area (Å²) in [6.45, 7) is 2.54. The van der Waals surface area contributed by atoms with Crippen LogP contribution in [0.5, 0.6) is 0 Å². The van der Waals surface area contributed by atoms with Crippen molar-refractivity contribution in [2.24, 2.45) is 11.8 Å². The largest absolute Gasteiger partial charge is 0.210 e. The van der Waals surface area contributed by atoms with Gasteiger partial charge in [-0.2, -0.15) is 4.58 Å². The molecule has 1 aliphatic heterocycles. The first-order valence-corrected chi connectivity index (χ1v) is 11.5. The van der Waals surface area contributed by atoms with E-state index in [1.807, 2.05) is 0 Å². The summed E-state index contributed by atoms with van der Waals surface area (Å²) in [6.07, 6.45) is 17.6. The number of hydrogen-bond donors (Lipinski definition) is 0. The summed E-state index contributed by atoms with van der Waals surface area (Å²) in [4.78, 5) is 0. The predicted octanol–water partition coefficient (Wildman–Crippen LogP) is 7.15. The first-order chi connectivity index (χ1) is 13.7. The Bertz CT molecular complexity index is 938. The van der Waals surface area contributed by atoms with Crippen LogP contribution in [0.1, 0.15) is 70.3 Å². The Kier molecular flexibility index (Phi) is 4.65. The highest BCUT2D eigenvalue weighted by atomic mass is 15.0. The lowest BCUT2D eigenvalue weighted by Gasteiger charge is -2.27. The van der Waals surface area contributed by atoms with Gasteiger partial charge in [0.2, 0.25) is 5.69 Å². The van der Waals surface area contributed by atoms with Crippen molar-refractivity contribution in [3.63, 3.8) is 0 Å². The minimum absolute atomic E-state index is 0.120. The van der Waals surface area contributed by atoms with Crippen molar-refractivity contribution in [1.82, 2.24) is 0 Å². The first-order valence-electron chi connectivity index (χ1n) is 11.5. The van der Waals surface area contributed by atoms with E-state index in [1.54, 1.807) is 5.56 Å². The van der Waals surface area contributed by atoms with Gasteiger partial charge in [-0.1, -0.05) is 68.9 Å². The Morgan fingerprint density at radius 3 is 2.46 bits per heavy atom. The molecule has 146 valence electrons. The van der Waals surface area contributed by atoms with Crippen LogP contribution in [0.3, 0.4) is 0 Å². The van der Waals surface area contributed by atoms with Gasteiger partial charge < -0.3 is 0 Å². The average Bonchev–Trinajstić information content (AvgIpc) is 3.44. The van der Waals surface area contributed by atoms with Gasteiger partial charge in [-0.15, -0.1) is 0 Å². The monoisotopic (exact) mass is 372 g/mol. The number of nitrogens with zero attached hydrogens (tertiary/aromatic N) is 1. The van der Waals surface area contributed by atoms with Crippen LogP contribution < -0.4 is 0 Å². The van der Waals surface area contributed by atoms with Crippen molar-refractivity contribution in [2.75, 3.05) is 7.05 Å². The van der Waals surface area contributed by atoms with Crippen molar-refractivity contribution < 1.29 is 4.58 Å². The molecule has 0 spiro atoms. The second-order valence-corrected chi connectivity index (χ2v) is 9.72. The van der Waals surface area contributed by atoms with Crippen LogP contribution in [-0.2, 0) is 5.41 Å². The minimum atomic E-state index is 0.120. The fourth-order valence-electron chi connectivity index (χ4n) is 6.42. The molecule has 0 saturated heterocycles. The maximum absolute atomic E-state index is 2.54. The second-order valence-electron chi connectivity index (χ2n) is 9.72. The molecule has 0 N–H and O–H groups in total. The smallest absolute Gasteiger partial charge is 0.198 e. The SMILES string of the molecule is C[N+]1=C(/C=C/C2CCCC2)C(C)(CC2CCCC2)c2c1ccc1ccccc21. The van der Waals surface area contributed by atoms with Crippen LogP contribution in [0, 0.1) is 11.8 Å². The molecule has 0 amide bonds. The van der Waals surface area contributed by atoms with E-state index in [-0.39, 0.29) is 5.41 Å². The molecule has 0 radical (unpaired) electrons. The van der Waals surface area contributed by atoms with Crippen molar-refractivity contribution in [3.8, 4) is 0 Å². The number of fused-ring (bicyclic) bond motifs is 3. The quantitative estimate of drug-likeness (QED) is 0.501. The Balaban J connectivity index is 1.63. The zero-order valence-electron chi connectivity index (χ0n) is 17.6.